The maximum absolute atomic E-state index is 5.47. The van der Waals surface area contributed by atoms with Crippen molar-refractivity contribution in [3.63, 3.8) is 0 Å². The molecule has 1 aliphatic heterocycles. The fourth-order valence-electron chi connectivity index (χ4n) is 2.81. The molecule has 2 unspecified atom stereocenters. The molecule has 2 rings (SSSR count). The van der Waals surface area contributed by atoms with Gasteiger partial charge in [-0.25, -0.2) is 0 Å². The topological polar surface area (TPSA) is 39.1 Å². The van der Waals surface area contributed by atoms with Gasteiger partial charge >= 0.3 is 0 Å². The Morgan fingerprint density at radius 1 is 1.61 bits per heavy atom. The summed E-state index contributed by atoms with van der Waals surface area (Å²) in [5.41, 5.74) is 2.42. The van der Waals surface area contributed by atoms with Crippen molar-refractivity contribution in [3.05, 3.63) is 17.5 Å². The Kier molecular flexibility index (Phi) is 4.78. The van der Waals surface area contributed by atoms with Crippen LogP contribution < -0.4 is 5.32 Å². The van der Waals surface area contributed by atoms with Crippen LogP contribution >= 0.6 is 0 Å². The number of aromatic nitrogens is 2. The quantitative estimate of drug-likeness (QED) is 0.836. The third kappa shape index (κ3) is 3.56. The highest BCUT2D eigenvalue weighted by Gasteiger charge is 2.21. The number of nitrogens with one attached hydrogen (secondary N) is 1. The molecule has 2 atom stereocenters. The lowest BCUT2D eigenvalue weighted by Gasteiger charge is -2.20. The lowest BCUT2D eigenvalue weighted by atomic mass is 9.96. The van der Waals surface area contributed by atoms with Crippen molar-refractivity contribution < 1.29 is 4.74 Å². The molecule has 1 N–H and O–H groups in total. The number of nitrogens with zero attached hydrogens (tertiary/aromatic N) is 2. The van der Waals surface area contributed by atoms with Crippen LogP contribution in [0.3, 0.4) is 0 Å². The van der Waals surface area contributed by atoms with Gasteiger partial charge in [0.25, 0.3) is 0 Å². The van der Waals surface area contributed by atoms with E-state index in [2.05, 4.69) is 30.3 Å². The Bertz CT molecular complexity index is 369. The van der Waals surface area contributed by atoms with E-state index in [1.165, 1.54) is 18.5 Å². The van der Waals surface area contributed by atoms with Gasteiger partial charge in [0.2, 0.25) is 0 Å². The van der Waals surface area contributed by atoms with Gasteiger partial charge in [-0.1, -0.05) is 6.92 Å². The monoisotopic (exact) mass is 251 g/mol. The zero-order chi connectivity index (χ0) is 13.0. The molecule has 1 aliphatic rings. The van der Waals surface area contributed by atoms with Crippen molar-refractivity contribution in [1.82, 2.24) is 15.1 Å². The smallest absolute Gasteiger partial charge is 0.0596 e. The summed E-state index contributed by atoms with van der Waals surface area (Å²) in [5.74, 6) is 0.725. The van der Waals surface area contributed by atoms with Crippen molar-refractivity contribution in [1.29, 1.82) is 0 Å². The van der Waals surface area contributed by atoms with Gasteiger partial charge in [-0.05, 0) is 38.3 Å². The summed E-state index contributed by atoms with van der Waals surface area (Å²) in [4.78, 5) is 0. The van der Waals surface area contributed by atoms with E-state index in [0.717, 1.165) is 37.8 Å². The van der Waals surface area contributed by atoms with Crippen molar-refractivity contribution in [3.8, 4) is 0 Å². The molecule has 0 aromatic carbocycles. The Morgan fingerprint density at radius 2 is 2.44 bits per heavy atom. The summed E-state index contributed by atoms with van der Waals surface area (Å²) in [7, 11) is 2.03. The highest BCUT2D eigenvalue weighted by atomic mass is 16.5. The summed E-state index contributed by atoms with van der Waals surface area (Å²) in [6.07, 6.45) is 3.48. The maximum atomic E-state index is 5.47. The highest BCUT2D eigenvalue weighted by Crippen LogP contribution is 2.20. The van der Waals surface area contributed by atoms with Gasteiger partial charge in [0.05, 0.1) is 5.69 Å². The number of aryl methyl sites for hydroxylation is 2. The number of likely N-dealkylation sites (N-methyl/N-ethyl adjacent to an activating group) is 1. The van der Waals surface area contributed by atoms with Gasteiger partial charge < -0.3 is 10.1 Å². The highest BCUT2D eigenvalue weighted by molar-refractivity contribution is 5.10. The van der Waals surface area contributed by atoms with E-state index in [4.69, 9.17) is 4.74 Å². The Morgan fingerprint density at radius 3 is 3.00 bits per heavy atom. The van der Waals surface area contributed by atoms with Crippen LogP contribution in [0.4, 0.5) is 0 Å². The second-order valence-corrected chi connectivity index (χ2v) is 5.32. The van der Waals surface area contributed by atoms with Crippen LogP contribution in [0, 0.1) is 12.8 Å². The molecule has 2 heterocycles. The third-order valence-corrected chi connectivity index (χ3v) is 3.69. The van der Waals surface area contributed by atoms with Crippen molar-refractivity contribution in [2.24, 2.45) is 13.0 Å². The molecule has 1 aromatic heterocycles. The molecular weight excluding hydrogens is 226 g/mol. The van der Waals surface area contributed by atoms with Crippen molar-refractivity contribution in [2.45, 2.75) is 39.2 Å². The van der Waals surface area contributed by atoms with Crippen LogP contribution in [-0.4, -0.2) is 35.6 Å². The molecule has 0 bridgehead atoms. The average Bonchev–Trinajstić information content (AvgIpc) is 2.90. The Balaban J connectivity index is 1.94. The minimum absolute atomic E-state index is 0.538. The van der Waals surface area contributed by atoms with Crippen LogP contribution in [0.5, 0.6) is 0 Å². The number of ether oxygens (including phenoxy) is 1. The van der Waals surface area contributed by atoms with E-state index < -0.39 is 0 Å². The lowest BCUT2D eigenvalue weighted by molar-refractivity contribution is 0.181. The van der Waals surface area contributed by atoms with Gasteiger partial charge in [-0.15, -0.1) is 0 Å². The van der Waals surface area contributed by atoms with E-state index in [9.17, 15) is 0 Å². The van der Waals surface area contributed by atoms with Crippen LogP contribution in [0.15, 0.2) is 6.07 Å². The number of rotatable bonds is 6. The van der Waals surface area contributed by atoms with Gasteiger partial charge in [-0.2, -0.15) is 5.10 Å². The summed E-state index contributed by atoms with van der Waals surface area (Å²) < 4.78 is 7.47. The molecule has 0 spiro atoms. The van der Waals surface area contributed by atoms with E-state index >= 15 is 0 Å². The molecule has 0 amide bonds. The molecule has 102 valence electrons. The summed E-state index contributed by atoms with van der Waals surface area (Å²) >= 11 is 0. The fourth-order valence-corrected chi connectivity index (χ4v) is 2.81. The molecule has 0 aliphatic carbocycles. The third-order valence-electron chi connectivity index (χ3n) is 3.69. The summed E-state index contributed by atoms with van der Waals surface area (Å²) in [6.45, 7) is 7.12. The molecular formula is C14H25N3O. The minimum atomic E-state index is 0.538. The first-order valence-electron chi connectivity index (χ1n) is 6.99. The van der Waals surface area contributed by atoms with Crippen LogP contribution in [0.25, 0.3) is 0 Å². The zero-order valence-corrected chi connectivity index (χ0v) is 11.8. The first kappa shape index (κ1) is 13.6. The molecule has 4 heteroatoms. The van der Waals surface area contributed by atoms with Crippen LogP contribution in [0.1, 0.15) is 31.2 Å². The molecule has 1 fully saturated rings. The van der Waals surface area contributed by atoms with Gasteiger partial charge in [0, 0.05) is 38.4 Å². The molecule has 18 heavy (non-hydrogen) atoms. The van der Waals surface area contributed by atoms with Crippen molar-refractivity contribution >= 4 is 0 Å². The Labute approximate surface area is 110 Å². The van der Waals surface area contributed by atoms with Gasteiger partial charge in [0.1, 0.15) is 0 Å². The lowest BCUT2D eigenvalue weighted by Crippen LogP contribution is -2.33. The van der Waals surface area contributed by atoms with E-state index in [1.807, 2.05) is 11.7 Å². The number of hydrogen-bond donors (Lipinski definition) is 1. The molecule has 0 saturated carbocycles. The second kappa shape index (κ2) is 6.34. The van der Waals surface area contributed by atoms with E-state index in [1.54, 1.807) is 0 Å². The molecule has 1 saturated heterocycles. The Hall–Kier alpha value is -0.870. The first-order chi connectivity index (χ1) is 8.69. The fraction of sp³-hybridized carbons (Fsp3) is 0.786. The molecule has 1 aromatic rings. The predicted molar refractivity (Wildman–Crippen MR) is 72.7 cm³/mol. The number of hydrogen-bond acceptors (Lipinski definition) is 3. The molecule has 0 radical (unpaired) electrons. The van der Waals surface area contributed by atoms with E-state index in [0.29, 0.717) is 6.04 Å². The van der Waals surface area contributed by atoms with E-state index in [-0.39, 0.29) is 0 Å². The van der Waals surface area contributed by atoms with Gasteiger partial charge in [0.15, 0.2) is 0 Å². The minimum Gasteiger partial charge on any atom is -0.381 e. The molecule has 4 nitrogen and oxygen atoms in total. The summed E-state index contributed by atoms with van der Waals surface area (Å²) in [5, 5.41) is 8.02. The second-order valence-electron chi connectivity index (χ2n) is 5.32. The largest absolute Gasteiger partial charge is 0.381 e. The van der Waals surface area contributed by atoms with Crippen molar-refractivity contribution in [2.75, 3.05) is 19.8 Å². The first-order valence-corrected chi connectivity index (χ1v) is 6.99. The van der Waals surface area contributed by atoms with Gasteiger partial charge in [-0.3, -0.25) is 4.68 Å². The SMILES string of the molecule is CCNC(Cc1cc(C)nn1C)CC1CCOC1. The summed E-state index contributed by atoms with van der Waals surface area (Å²) in [6, 6.07) is 2.73. The predicted octanol–water partition coefficient (Wildman–Crippen LogP) is 1.68. The van der Waals surface area contributed by atoms with Crippen LogP contribution in [0.2, 0.25) is 0 Å². The average molecular weight is 251 g/mol. The van der Waals surface area contributed by atoms with Crippen LogP contribution in [-0.2, 0) is 18.2 Å². The zero-order valence-electron chi connectivity index (χ0n) is 11.8. The normalized spacial score (nSPS) is 21.4. The maximum Gasteiger partial charge on any atom is 0.0596 e. The standard InChI is InChI=1S/C14H25N3O/c1-4-15-13(8-12-5-6-18-10-12)9-14-7-11(2)16-17(14)3/h7,12-13,15H,4-6,8-10H2,1-3H3.